The van der Waals surface area contributed by atoms with E-state index >= 15 is 0 Å². The van der Waals surface area contributed by atoms with E-state index in [4.69, 9.17) is 11.6 Å². The van der Waals surface area contributed by atoms with Gasteiger partial charge in [0.05, 0.1) is 23.2 Å². The zero-order valence-electron chi connectivity index (χ0n) is 6.14. The maximum absolute atomic E-state index is 5.78. The molecule has 0 bridgehead atoms. The van der Waals surface area contributed by atoms with Crippen molar-refractivity contribution in [2.45, 2.75) is 5.88 Å². The lowest BCUT2D eigenvalue weighted by Crippen LogP contribution is -1.83. The minimum absolute atomic E-state index is 0.475. The lowest BCUT2D eigenvalue weighted by Gasteiger charge is -1.99. The van der Waals surface area contributed by atoms with Crippen LogP contribution in [0.1, 0.15) is 5.56 Å². The molecule has 0 atom stereocenters. The molecule has 0 saturated carbocycles. The molecule has 0 amide bonds. The van der Waals surface area contributed by atoms with Crippen molar-refractivity contribution in [2.75, 3.05) is 0 Å². The number of aromatic nitrogens is 2. The van der Waals surface area contributed by atoms with Crippen LogP contribution in [0.4, 0.5) is 0 Å². The number of hydrogen-bond acceptors (Lipinski definition) is 1. The van der Waals surface area contributed by atoms with Crippen molar-refractivity contribution < 1.29 is 0 Å². The average Bonchev–Trinajstić information content (AvgIpc) is 2.52. The lowest BCUT2D eigenvalue weighted by molar-refractivity contribution is 1.32. The predicted octanol–water partition coefficient (Wildman–Crippen LogP) is 3.06. The molecule has 1 N–H and O–H groups in total. The quantitative estimate of drug-likeness (QED) is 0.769. The minimum Gasteiger partial charge on any atom is -0.345 e. The molecule has 0 aliphatic heterocycles. The fourth-order valence-electron chi connectivity index (χ4n) is 1.17. The molecule has 1 aromatic heterocycles. The topological polar surface area (TPSA) is 28.7 Å². The van der Waals surface area contributed by atoms with Crippen molar-refractivity contribution in [3.63, 3.8) is 0 Å². The van der Waals surface area contributed by atoms with Gasteiger partial charge in [-0.15, -0.1) is 11.6 Å². The first-order valence-electron chi connectivity index (χ1n) is 3.49. The molecule has 12 heavy (non-hydrogen) atoms. The van der Waals surface area contributed by atoms with Crippen molar-refractivity contribution >= 4 is 38.6 Å². The molecule has 0 radical (unpaired) electrons. The lowest BCUT2D eigenvalue weighted by atomic mass is 10.2. The molecular weight excluding hydrogens is 239 g/mol. The van der Waals surface area contributed by atoms with Crippen LogP contribution >= 0.6 is 27.5 Å². The van der Waals surface area contributed by atoms with Gasteiger partial charge in [0.1, 0.15) is 0 Å². The molecule has 0 fully saturated rings. The standard InChI is InChI=1S/C8H6BrClN2/c9-6-1-2-7-8(5(6)3-10)12-4-11-7/h1-2,4H,3H2,(H,11,12). The SMILES string of the molecule is ClCc1c(Br)ccc2[nH]cnc12. The van der Waals surface area contributed by atoms with Gasteiger partial charge in [0.25, 0.3) is 0 Å². The Balaban J connectivity index is 2.83. The van der Waals surface area contributed by atoms with E-state index in [1.54, 1.807) is 6.33 Å². The number of alkyl halides is 1. The first-order chi connectivity index (χ1) is 5.83. The Kier molecular flexibility index (Phi) is 2.07. The number of imidazole rings is 1. The number of halogens is 2. The molecular formula is C8H6BrClN2. The van der Waals surface area contributed by atoms with E-state index < -0.39 is 0 Å². The van der Waals surface area contributed by atoms with Crippen molar-refractivity contribution in [3.05, 3.63) is 28.5 Å². The van der Waals surface area contributed by atoms with E-state index in [-0.39, 0.29) is 0 Å². The van der Waals surface area contributed by atoms with Crippen LogP contribution in [0.2, 0.25) is 0 Å². The Labute approximate surface area is 83.1 Å². The Morgan fingerprint density at radius 2 is 2.33 bits per heavy atom. The van der Waals surface area contributed by atoms with Crippen LogP contribution in [0.15, 0.2) is 22.9 Å². The van der Waals surface area contributed by atoms with E-state index in [1.807, 2.05) is 12.1 Å². The van der Waals surface area contributed by atoms with Crippen molar-refractivity contribution in [1.29, 1.82) is 0 Å². The highest BCUT2D eigenvalue weighted by Crippen LogP contribution is 2.25. The van der Waals surface area contributed by atoms with Gasteiger partial charge in [0.2, 0.25) is 0 Å². The number of aromatic amines is 1. The molecule has 0 saturated heterocycles. The zero-order valence-corrected chi connectivity index (χ0v) is 8.48. The Morgan fingerprint density at radius 1 is 1.50 bits per heavy atom. The monoisotopic (exact) mass is 244 g/mol. The van der Waals surface area contributed by atoms with Crippen molar-refractivity contribution in [3.8, 4) is 0 Å². The van der Waals surface area contributed by atoms with E-state index in [2.05, 4.69) is 25.9 Å². The van der Waals surface area contributed by atoms with Gasteiger partial charge in [-0.05, 0) is 12.1 Å². The summed E-state index contributed by atoms with van der Waals surface area (Å²) in [5, 5.41) is 0. The van der Waals surface area contributed by atoms with Crippen LogP contribution in [-0.4, -0.2) is 9.97 Å². The highest BCUT2D eigenvalue weighted by atomic mass is 79.9. The largest absolute Gasteiger partial charge is 0.345 e. The second-order valence-electron chi connectivity index (χ2n) is 2.46. The van der Waals surface area contributed by atoms with Gasteiger partial charge in [-0.2, -0.15) is 0 Å². The molecule has 1 aromatic carbocycles. The summed E-state index contributed by atoms with van der Waals surface area (Å²) < 4.78 is 1.01. The van der Waals surface area contributed by atoms with E-state index in [1.165, 1.54) is 0 Å². The van der Waals surface area contributed by atoms with Gasteiger partial charge < -0.3 is 4.98 Å². The van der Waals surface area contributed by atoms with Crippen LogP contribution in [0.3, 0.4) is 0 Å². The van der Waals surface area contributed by atoms with Gasteiger partial charge in [-0.1, -0.05) is 15.9 Å². The number of nitrogens with one attached hydrogen (secondary N) is 1. The summed E-state index contributed by atoms with van der Waals surface area (Å²) in [6.45, 7) is 0. The fraction of sp³-hybridized carbons (Fsp3) is 0.125. The van der Waals surface area contributed by atoms with Crippen LogP contribution < -0.4 is 0 Å². The highest BCUT2D eigenvalue weighted by molar-refractivity contribution is 9.10. The molecule has 2 rings (SSSR count). The summed E-state index contributed by atoms with van der Waals surface area (Å²) in [5.74, 6) is 0.475. The number of nitrogens with zero attached hydrogens (tertiary/aromatic N) is 1. The van der Waals surface area contributed by atoms with Gasteiger partial charge in [-0.3, -0.25) is 0 Å². The molecule has 2 nitrogen and oxygen atoms in total. The Bertz CT molecular complexity index is 410. The van der Waals surface area contributed by atoms with Crippen LogP contribution in [0.5, 0.6) is 0 Å². The van der Waals surface area contributed by atoms with Crippen LogP contribution in [0.25, 0.3) is 11.0 Å². The van der Waals surface area contributed by atoms with Crippen LogP contribution in [0, 0.1) is 0 Å². The molecule has 4 heteroatoms. The number of benzene rings is 1. The second-order valence-corrected chi connectivity index (χ2v) is 3.58. The molecule has 2 aromatic rings. The Hall–Kier alpha value is -0.540. The number of fused-ring (bicyclic) bond motifs is 1. The summed E-state index contributed by atoms with van der Waals surface area (Å²) >= 11 is 9.21. The van der Waals surface area contributed by atoms with Crippen LogP contribution in [-0.2, 0) is 5.88 Å². The normalized spacial score (nSPS) is 10.8. The zero-order chi connectivity index (χ0) is 8.55. The summed E-state index contributed by atoms with van der Waals surface area (Å²) in [6.07, 6.45) is 1.67. The first-order valence-corrected chi connectivity index (χ1v) is 4.82. The van der Waals surface area contributed by atoms with Crippen molar-refractivity contribution in [1.82, 2.24) is 9.97 Å². The van der Waals surface area contributed by atoms with E-state index in [0.717, 1.165) is 21.1 Å². The molecule has 1 heterocycles. The molecule has 62 valence electrons. The third-order valence-electron chi connectivity index (χ3n) is 1.77. The van der Waals surface area contributed by atoms with Crippen molar-refractivity contribution in [2.24, 2.45) is 0 Å². The predicted molar refractivity (Wildman–Crippen MR) is 53.4 cm³/mol. The second kappa shape index (κ2) is 3.07. The maximum Gasteiger partial charge on any atom is 0.0937 e. The first kappa shape index (κ1) is 8.08. The molecule has 0 aliphatic rings. The summed E-state index contributed by atoms with van der Waals surface area (Å²) in [4.78, 5) is 7.21. The number of H-pyrrole nitrogens is 1. The van der Waals surface area contributed by atoms with Gasteiger partial charge in [0, 0.05) is 10.0 Å². The summed E-state index contributed by atoms with van der Waals surface area (Å²) in [6, 6.07) is 3.95. The van der Waals surface area contributed by atoms with Gasteiger partial charge in [-0.25, -0.2) is 4.98 Å². The minimum atomic E-state index is 0.475. The molecule has 0 spiro atoms. The number of rotatable bonds is 1. The van der Waals surface area contributed by atoms with E-state index in [9.17, 15) is 0 Å². The van der Waals surface area contributed by atoms with E-state index in [0.29, 0.717) is 5.88 Å². The fourth-order valence-corrected chi connectivity index (χ4v) is 2.06. The highest BCUT2D eigenvalue weighted by Gasteiger charge is 2.05. The van der Waals surface area contributed by atoms with Gasteiger partial charge in [0.15, 0.2) is 0 Å². The Morgan fingerprint density at radius 3 is 3.08 bits per heavy atom. The average molecular weight is 246 g/mol. The maximum atomic E-state index is 5.78. The summed E-state index contributed by atoms with van der Waals surface area (Å²) in [7, 11) is 0. The van der Waals surface area contributed by atoms with Gasteiger partial charge >= 0.3 is 0 Å². The third-order valence-corrected chi connectivity index (χ3v) is 2.78. The number of hydrogen-bond donors (Lipinski definition) is 1. The smallest absolute Gasteiger partial charge is 0.0937 e. The summed E-state index contributed by atoms with van der Waals surface area (Å²) in [5.41, 5.74) is 3.00. The molecule has 0 aliphatic carbocycles. The molecule has 0 unspecified atom stereocenters. The third kappa shape index (κ3) is 1.13.